The first-order valence-electron chi connectivity index (χ1n) is 5.35. The van der Waals surface area contributed by atoms with Crippen LogP contribution in [-0.2, 0) is 4.74 Å². The van der Waals surface area contributed by atoms with E-state index in [9.17, 15) is 0 Å². The molecule has 0 saturated carbocycles. The molecule has 1 fully saturated rings. The molecule has 2 heterocycles. The van der Waals surface area contributed by atoms with Gasteiger partial charge in [-0.15, -0.1) is 23.1 Å². The highest BCUT2D eigenvalue weighted by molar-refractivity contribution is 7.99. The van der Waals surface area contributed by atoms with E-state index in [1.165, 1.54) is 11.3 Å². The van der Waals surface area contributed by atoms with Crippen LogP contribution in [0.3, 0.4) is 0 Å². The second-order valence-corrected chi connectivity index (χ2v) is 5.70. The summed E-state index contributed by atoms with van der Waals surface area (Å²) in [7, 11) is 1.74. The van der Waals surface area contributed by atoms with Gasteiger partial charge in [-0.3, -0.25) is 0 Å². The van der Waals surface area contributed by atoms with Gasteiger partial charge < -0.3 is 15.4 Å². The van der Waals surface area contributed by atoms with E-state index in [-0.39, 0.29) is 0 Å². The molecule has 1 aromatic rings. The number of nitrogen functional groups attached to an aromatic ring is 1. The number of thiophene rings is 1. The number of hydrogen-bond donors (Lipinski definition) is 1. The summed E-state index contributed by atoms with van der Waals surface area (Å²) in [6.45, 7) is 1.85. The van der Waals surface area contributed by atoms with E-state index in [1.807, 2.05) is 6.26 Å². The largest absolute Gasteiger partial charge is 0.396 e. The fourth-order valence-electron chi connectivity index (χ4n) is 2.01. The van der Waals surface area contributed by atoms with Gasteiger partial charge in [-0.05, 0) is 12.7 Å². The minimum Gasteiger partial charge on any atom is -0.396 e. The number of nitrogens with two attached hydrogens (primary N) is 1. The second kappa shape index (κ2) is 5.17. The topological polar surface area (TPSA) is 62.3 Å². The normalized spacial score (nSPS) is 19.6. The van der Waals surface area contributed by atoms with E-state index in [1.54, 1.807) is 18.9 Å². The Kier molecular flexibility index (Phi) is 3.82. The van der Waals surface area contributed by atoms with Crippen molar-refractivity contribution in [3.8, 4) is 6.07 Å². The molecule has 1 aliphatic rings. The molecule has 2 rings (SSSR count). The van der Waals surface area contributed by atoms with Crippen LogP contribution < -0.4 is 10.6 Å². The van der Waals surface area contributed by atoms with Gasteiger partial charge >= 0.3 is 0 Å². The first kappa shape index (κ1) is 12.6. The van der Waals surface area contributed by atoms with Crippen LogP contribution in [0.15, 0.2) is 4.90 Å². The predicted octanol–water partition coefficient (Wildman–Crippen LogP) is 2.15. The number of methoxy groups -OCH3 is 1. The number of ether oxygens (including phenoxy) is 1. The van der Waals surface area contributed by atoms with Gasteiger partial charge in [-0.25, -0.2) is 0 Å². The Labute approximate surface area is 109 Å². The Morgan fingerprint density at radius 1 is 1.65 bits per heavy atom. The second-order valence-electron chi connectivity index (χ2n) is 3.89. The van der Waals surface area contributed by atoms with Crippen molar-refractivity contribution < 1.29 is 4.74 Å². The Balaban J connectivity index is 2.30. The molecule has 0 aliphatic carbocycles. The van der Waals surface area contributed by atoms with Crippen LogP contribution in [0, 0.1) is 11.3 Å². The lowest BCUT2D eigenvalue weighted by Gasteiger charge is -2.17. The van der Waals surface area contributed by atoms with Crippen molar-refractivity contribution in [3.63, 3.8) is 0 Å². The lowest BCUT2D eigenvalue weighted by atomic mass is 10.3. The molecular weight excluding hydrogens is 254 g/mol. The summed E-state index contributed by atoms with van der Waals surface area (Å²) in [5.74, 6) is 0. The summed E-state index contributed by atoms with van der Waals surface area (Å²) in [5.41, 5.74) is 6.59. The van der Waals surface area contributed by atoms with E-state index in [2.05, 4.69) is 11.0 Å². The van der Waals surface area contributed by atoms with Crippen LogP contribution in [-0.4, -0.2) is 32.6 Å². The van der Waals surface area contributed by atoms with Crippen molar-refractivity contribution in [2.75, 3.05) is 37.1 Å². The summed E-state index contributed by atoms with van der Waals surface area (Å²) in [6.07, 6.45) is 3.32. The molecule has 0 spiro atoms. The van der Waals surface area contributed by atoms with Crippen molar-refractivity contribution in [3.05, 3.63) is 4.88 Å². The average molecular weight is 269 g/mol. The number of anilines is 2. The Morgan fingerprint density at radius 2 is 2.41 bits per heavy atom. The van der Waals surface area contributed by atoms with Crippen molar-refractivity contribution in [1.29, 1.82) is 5.26 Å². The quantitative estimate of drug-likeness (QED) is 0.852. The number of thioether (sulfide) groups is 1. The van der Waals surface area contributed by atoms with Gasteiger partial charge in [-0.2, -0.15) is 5.26 Å². The maximum atomic E-state index is 9.02. The van der Waals surface area contributed by atoms with Crippen molar-refractivity contribution in [2.24, 2.45) is 0 Å². The monoisotopic (exact) mass is 269 g/mol. The molecule has 1 aliphatic heterocycles. The van der Waals surface area contributed by atoms with Crippen LogP contribution in [0.2, 0.25) is 0 Å². The van der Waals surface area contributed by atoms with Crippen LogP contribution in [0.1, 0.15) is 11.3 Å². The summed E-state index contributed by atoms with van der Waals surface area (Å²) in [4.78, 5) is 3.91. The zero-order chi connectivity index (χ0) is 12.4. The molecule has 0 amide bonds. The first-order chi connectivity index (χ1) is 8.21. The molecule has 1 aromatic heterocycles. The molecule has 1 saturated heterocycles. The number of nitriles is 1. The maximum Gasteiger partial charge on any atom is 0.131 e. The van der Waals surface area contributed by atoms with Gasteiger partial charge in [0.05, 0.1) is 16.7 Å². The summed E-state index contributed by atoms with van der Waals surface area (Å²) < 4.78 is 5.36. The van der Waals surface area contributed by atoms with Gasteiger partial charge in [0, 0.05) is 20.2 Å². The van der Waals surface area contributed by atoms with Crippen molar-refractivity contribution in [2.45, 2.75) is 17.4 Å². The van der Waals surface area contributed by atoms with E-state index in [4.69, 9.17) is 15.7 Å². The molecule has 0 bridgehead atoms. The minimum absolute atomic E-state index is 0.290. The lowest BCUT2D eigenvalue weighted by molar-refractivity contribution is 0.121. The van der Waals surface area contributed by atoms with E-state index < -0.39 is 0 Å². The van der Waals surface area contributed by atoms with E-state index >= 15 is 0 Å². The maximum absolute atomic E-state index is 9.02. The highest BCUT2D eigenvalue weighted by Gasteiger charge is 2.27. The van der Waals surface area contributed by atoms with Gasteiger partial charge in [0.2, 0.25) is 0 Å². The standard InChI is InChI=1S/C11H15N3OS2/c1-15-7-3-4-14(6-7)11-10(16-2)9(13)8(5-12)17-11/h7H,3-4,6,13H2,1-2H3. The van der Waals surface area contributed by atoms with Crippen LogP contribution in [0.25, 0.3) is 0 Å². The fourth-order valence-corrected chi connectivity index (χ4v) is 4.02. The molecule has 0 radical (unpaired) electrons. The molecule has 17 heavy (non-hydrogen) atoms. The van der Waals surface area contributed by atoms with Crippen molar-refractivity contribution in [1.82, 2.24) is 0 Å². The van der Waals surface area contributed by atoms with Crippen LogP contribution >= 0.6 is 23.1 Å². The van der Waals surface area contributed by atoms with Crippen LogP contribution in [0.5, 0.6) is 0 Å². The zero-order valence-corrected chi connectivity index (χ0v) is 11.5. The molecule has 1 unspecified atom stereocenters. The van der Waals surface area contributed by atoms with Gasteiger partial charge in [0.25, 0.3) is 0 Å². The Hall–Kier alpha value is -0.900. The molecule has 92 valence electrons. The predicted molar refractivity (Wildman–Crippen MR) is 72.9 cm³/mol. The Morgan fingerprint density at radius 3 is 2.94 bits per heavy atom. The number of nitrogens with zero attached hydrogens (tertiary/aromatic N) is 2. The molecule has 0 aromatic carbocycles. The van der Waals surface area contributed by atoms with E-state index in [0.29, 0.717) is 16.7 Å². The molecule has 1 atom stereocenters. The minimum atomic E-state index is 0.290. The highest BCUT2D eigenvalue weighted by Crippen LogP contribution is 2.44. The number of rotatable bonds is 3. The third-order valence-corrected chi connectivity index (χ3v) is 5.08. The third-order valence-electron chi connectivity index (χ3n) is 2.95. The summed E-state index contributed by atoms with van der Waals surface area (Å²) in [5, 5.41) is 10.1. The fraction of sp³-hybridized carbons (Fsp3) is 0.545. The van der Waals surface area contributed by atoms with Gasteiger partial charge in [0.15, 0.2) is 0 Å². The van der Waals surface area contributed by atoms with Gasteiger partial charge in [0.1, 0.15) is 15.9 Å². The van der Waals surface area contributed by atoms with Crippen LogP contribution in [0.4, 0.5) is 10.7 Å². The zero-order valence-electron chi connectivity index (χ0n) is 9.90. The van der Waals surface area contributed by atoms with E-state index in [0.717, 1.165) is 29.4 Å². The summed E-state index contributed by atoms with van der Waals surface area (Å²) >= 11 is 3.09. The first-order valence-corrected chi connectivity index (χ1v) is 7.39. The molecule has 2 N–H and O–H groups in total. The smallest absolute Gasteiger partial charge is 0.131 e. The Bertz CT molecular complexity index is 452. The number of hydrogen-bond acceptors (Lipinski definition) is 6. The molecule has 4 nitrogen and oxygen atoms in total. The van der Waals surface area contributed by atoms with Crippen molar-refractivity contribution >= 4 is 33.8 Å². The molecular formula is C11H15N3OS2. The third kappa shape index (κ3) is 2.23. The lowest BCUT2D eigenvalue weighted by Crippen LogP contribution is -2.21. The average Bonchev–Trinajstić information content (AvgIpc) is 2.92. The highest BCUT2D eigenvalue weighted by atomic mass is 32.2. The van der Waals surface area contributed by atoms with Gasteiger partial charge in [-0.1, -0.05) is 0 Å². The molecule has 6 heteroatoms. The SMILES string of the molecule is COC1CCN(c2sc(C#N)c(N)c2SC)C1. The summed E-state index contributed by atoms with van der Waals surface area (Å²) in [6, 6.07) is 2.16.